The maximum absolute atomic E-state index is 6.19. The lowest BCUT2D eigenvalue weighted by Gasteiger charge is -2.15. The first-order valence-corrected chi connectivity index (χ1v) is 7.56. The summed E-state index contributed by atoms with van der Waals surface area (Å²) in [5.41, 5.74) is 2.43. The number of halogens is 1. The molecule has 0 aliphatic rings. The fourth-order valence-corrected chi connectivity index (χ4v) is 2.48. The van der Waals surface area contributed by atoms with Crippen LogP contribution in [0.5, 0.6) is 0 Å². The third-order valence-corrected chi connectivity index (χ3v) is 3.72. The van der Waals surface area contributed by atoms with Gasteiger partial charge in [-0.3, -0.25) is 4.68 Å². The monoisotopic (exact) mass is 291 g/mol. The fraction of sp³-hybridized carbons (Fsp3) is 0.438. The van der Waals surface area contributed by atoms with Crippen LogP contribution in [0.4, 0.5) is 0 Å². The van der Waals surface area contributed by atoms with E-state index in [0.29, 0.717) is 6.04 Å². The van der Waals surface area contributed by atoms with Crippen LogP contribution in [0.1, 0.15) is 31.5 Å². The maximum atomic E-state index is 6.19. The van der Waals surface area contributed by atoms with Crippen LogP contribution in [-0.2, 0) is 19.5 Å². The van der Waals surface area contributed by atoms with E-state index in [4.69, 9.17) is 11.6 Å². The summed E-state index contributed by atoms with van der Waals surface area (Å²) < 4.78 is 2.06. The van der Waals surface area contributed by atoms with Gasteiger partial charge in [0.1, 0.15) is 0 Å². The van der Waals surface area contributed by atoms with Crippen molar-refractivity contribution in [2.24, 2.45) is 0 Å². The highest BCUT2D eigenvalue weighted by molar-refractivity contribution is 6.31. The van der Waals surface area contributed by atoms with Gasteiger partial charge >= 0.3 is 0 Å². The van der Waals surface area contributed by atoms with E-state index in [9.17, 15) is 0 Å². The van der Waals surface area contributed by atoms with E-state index in [0.717, 1.165) is 31.0 Å². The van der Waals surface area contributed by atoms with Gasteiger partial charge in [-0.2, -0.15) is 5.10 Å². The zero-order valence-electron chi connectivity index (χ0n) is 12.1. The van der Waals surface area contributed by atoms with Crippen molar-refractivity contribution >= 4 is 11.6 Å². The van der Waals surface area contributed by atoms with Gasteiger partial charge in [0.2, 0.25) is 0 Å². The fourth-order valence-electron chi connectivity index (χ4n) is 2.27. The number of nitrogens with one attached hydrogen (secondary N) is 1. The Hall–Kier alpha value is -1.32. The van der Waals surface area contributed by atoms with Crippen LogP contribution in [0, 0.1) is 0 Å². The minimum atomic E-state index is 0.375. The van der Waals surface area contributed by atoms with Crippen molar-refractivity contribution in [3.05, 3.63) is 52.8 Å². The molecule has 2 rings (SSSR count). The number of aryl methyl sites for hydroxylation is 1. The molecule has 1 aromatic carbocycles. The van der Waals surface area contributed by atoms with Gasteiger partial charge in [-0.1, -0.05) is 36.7 Å². The minimum Gasteiger partial charge on any atom is -0.308 e. The summed E-state index contributed by atoms with van der Waals surface area (Å²) in [6.45, 7) is 6.16. The second-order valence-corrected chi connectivity index (χ2v) is 5.53. The van der Waals surface area contributed by atoms with Crippen molar-refractivity contribution in [2.75, 3.05) is 0 Å². The molecule has 20 heavy (non-hydrogen) atoms. The van der Waals surface area contributed by atoms with Crippen molar-refractivity contribution in [2.45, 2.75) is 45.8 Å². The van der Waals surface area contributed by atoms with E-state index in [-0.39, 0.29) is 0 Å². The average Bonchev–Trinajstić information content (AvgIpc) is 2.87. The molecule has 108 valence electrons. The van der Waals surface area contributed by atoms with Crippen LogP contribution in [0.15, 0.2) is 36.5 Å². The second kappa shape index (κ2) is 7.46. The maximum Gasteiger partial charge on any atom is 0.0522 e. The first kappa shape index (κ1) is 15.1. The highest BCUT2D eigenvalue weighted by Gasteiger charge is 2.08. The molecule has 1 atom stereocenters. The van der Waals surface area contributed by atoms with Gasteiger partial charge in [0.25, 0.3) is 0 Å². The van der Waals surface area contributed by atoms with Crippen LogP contribution < -0.4 is 5.32 Å². The van der Waals surface area contributed by atoms with Gasteiger partial charge in [-0.25, -0.2) is 0 Å². The van der Waals surface area contributed by atoms with Crippen LogP contribution >= 0.6 is 11.6 Å². The number of hydrogen-bond donors (Lipinski definition) is 1. The molecule has 0 spiro atoms. The van der Waals surface area contributed by atoms with Gasteiger partial charge in [-0.05, 0) is 37.5 Å². The van der Waals surface area contributed by atoms with Gasteiger partial charge in [0.05, 0.1) is 5.69 Å². The smallest absolute Gasteiger partial charge is 0.0522 e. The first-order chi connectivity index (χ1) is 9.70. The SMILES string of the molecule is CCCn1nccc1CNC(C)Cc1ccccc1Cl. The molecule has 0 fully saturated rings. The Bertz CT molecular complexity index is 536. The predicted octanol–water partition coefficient (Wildman–Crippen LogP) is 3.67. The van der Waals surface area contributed by atoms with Crippen molar-refractivity contribution in [1.82, 2.24) is 15.1 Å². The summed E-state index contributed by atoms with van der Waals surface area (Å²) >= 11 is 6.19. The summed E-state index contributed by atoms with van der Waals surface area (Å²) in [7, 11) is 0. The van der Waals surface area contributed by atoms with E-state index in [1.54, 1.807) is 0 Å². The number of hydrogen-bond acceptors (Lipinski definition) is 2. The Balaban J connectivity index is 1.87. The zero-order chi connectivity index (χ0) is 14.4. The van der Waals surface area contributed by atoms with Gasteiger partial charge < -0.3 is 5.32 Å². The van der Waals surface area contributed by atoms with Crippen LogP contribution in [0.25, 0.3) is 0 Å². The van der Waals surface area contributed by atoms with Gasteiger partial charge in [0.15, 0.2) is 0 Å². The molecule has 1 aromatic heterocycles. The quantitative estimate of drug-likeness (QED) is 0.843. The van der Waals surface area contributed by atoms with Crippen LogP contribution in [-0.4, -0.2) is 15.8 Å². The molecular weight excluding hydrogens is 270 g/mol. The Kier molecular flexibility index (Phi) is 5.62. The Morgan fingerprint density at radius 2 is 2.10 bits per heavy atom. The number of nitrogens with zero attached hydrogens (tertiary/aromatic N) is 2. The normalized spacial score (nSPS) is 12.6. The topological polar surface area (TPSA) is 29.9 Å². The number of aromatic nitrogens is 2. The molecule has 1 heterocycles. The minimum absolute atomic E-state index is 0.375. The zero-order valence-corrected chi connectivity index (χ0v) is 12.9. The average molecular weight is 292 g/mol. The lowest BCUT2D eigenvalue weighted by molar-refractivity contribution is 0.504. The van der Waals surface area contributed by atoms with Gasteiger partial charge in [0, 0.05) is 30.4 Å². The van der Waals surface area contributed by atoms with Crippen LogP contribution in [0.2, 0.25) is 5.02 Å². The Morgan fingerprint density at radius 3 is 2.85 bits per heavy atom. The highest BCUT2D eigenvalue weighted by atomic mass is 35.5. The Morgan fingerprint density at radius 1 is 1.30 bits per heavy atom. The van der Waals surface area contributed by atoms with E-state index in [2.05, 4.69) is 41.1 Å². The van der Waals surface area contributed by atoms with E-state index < -0.39 is 0 Å². The number of rotatable bonds is 7. The Labute approximate surface area is 126 Å². The van der Waals surface area contributed by atoms with Crippen LogP contribution in [0.3, 0.4) is 0 Å². The van der Waals surface area contributed by atoms with Crippen molar-refractivity contribution in [3.8, 4) is 0 Å². The molecule has 0 radical (unpaired) electrons. The molecule has 0 saturated carbocycles. The summed E-state index contributed by atoms with van der Waals surface area (Å²) in [6.07, 6.45) is 3.90. The molecular formula is C16H22ClN3. The summed E-state index contributed by atoms with van der Waals surface area (Å²) in [5.74, 6) is 0. The molecule has 2 aromatic rings. The third kappa shape index (κ3) is 4.09. The lowest BCUT2D eigenvalue weighted by atomic mass is 10.1. The largest absolute Gasteiger partial charge is 0.308 e. The lowest BCUT2D eigenvalue weighted by Crippen LogP contribution is -2.28. The third-order valence-electron chi connectivity index (χ3n) is 3.36. The standard InChI is InChI=1S/C16H22ClN3/c1-3-10-20-15(8-9-19-20)12-18-13(2)11-14-6-4-5-7-16(14)17/h4-9,13,18H,3,10-12H2,1-2H3. The molecule has 1 N–H and O–H groups in total. The second-order valence-electron chi connectivity index (χ2n) is 5.12. The van der Waals surface area contributed by atoms with E-state index >= 15 is 0 Å². The first-order valence-electron chi connectivity index (χ1n) is 7.18. The molecule has 4 heteroatoms. The molecule has 0 aliphatic heterocycles. The molecule has 0 amide bonds. The summed E-state index contributed by atoms with van der Waals surface area (Å²) in [6, 6.07) is 10.5. The van der Waals surface area contributed by atoms with Crippen molar-refractivity contribution in [1.29, 1.82) is 0 Å². The van der Waals surface area contributed by atoms with Gasteiger partial charge in [-0.15, -0.1) is 0 Å². The molecule has 3 nitrogen and oxygen atoms in total. The van der Waals surface area contributed by atoms with Crippen molar-refractivity contribution in [3.63, 3.8) is 0 Å². The summed E-state index contributed by atoms with van der Waals surface area (Å²) in [4.78, 5) is 0. The molecule has 1 unspecified atom stereocenters. The highest BCUT2D eigenvalue weighted by Crippen LogP contribution is 2.16. The molecule has 0 aliphatic carbocycles. The van der Waals surface area contributed by atoms with E-state index in [1.165, 1.54) is 11.3 Å². The summed E-state index contributed by atoms with van der Waals surface area (Å²) in [5, 5.41) is 8.72. The molecule has 0 saturated heterocycles. The number of benzene rings is 1. The van der Waals surface area contributed by atoms with E-state index in [1.807, 2.05) is 24.4 Å². The van der Waals surface area contributed by atoms with Crippen molar-refractivity contribution < 1.29 is 0 Å². The predicted molar refractivity (Wildman–Crippen MR) is 84.0 cm³/mol. The molecule has 0 bridgehead atoms.